The lowest BCUT2D eigenvalue weighted by atomic mass is 10.1. The molecule has 2 aromatic carbocycles. The molecule has 2 N–H and O–H groups in total. The van der Waals surface area contributed by atoms with Gasteiger partial charge in [0.05, 0.1) is 7.11 Å². The zero-order valence-electron chi connectivity index (χ0n) is 12.0. The Balaban J connectivity index is 1.93. The molecule has 2 rings (SSSR count). The van der Waals surface area contributed by atoms with Gasteiger partial charge in [0.15, 0.2) is 0 Å². The smallest absolute Gasteiger partial charge is 0.119 e. The van der Waals surface area contributed by atoms with Crippen LogP contribution in [-0.4, -0.2) is 13.2 Å². The van der Waals surface area contributed by atoms with Crippen LogP contribution in [-0.2, 0) is 13.0 Å². The molecule has 0 saturated heterocycles. The van der Waals surface area contributed by atoms with Crippen molar-refractivity contribution >= 4 is 0 Å². The summed E-state index contributed by atoms with van der Waals surface area (Å²) in [6.07, 6.45) is 0.885. The third kappa shape index (κ3) is 4.28. The van der Waals surface area contributed by atoms with Crippen LogP contribution in [0.25, 0.3) is 0 Å². The van der Waals surface area contributed by atoms with E-state index in [1.807, 2.05) is 43.3 Å². The molecule has 3 heteroatoms. The standard InChI is InChI=1S/C17H21NO2/c1-13(18)10-14-6-8-16(9-7-14)20-12-15-4-3-5-17(11-15)19-2/h3-9,11,13H,10,12,18H2,1-2H3. The first-order valence-corrected chi connectivity index (χ1v) is 6.77. The van der Waals surface area contributed by atoms with Gasteiger partial charge in [0.25, 0.3) is 0 Å². The van der Waals surface area contributed by atoms with Crippen LogP contribution in [0.15, 0.2) is 48.5 Å². The number of hydrogen-bond donors (Lipinski definition) is 1. The number of benzene rings is 2. The molecule has 20 heavy (non-hydrogen) atoms. The van der Waals surface area contributed by atoms with Crippen molar-refractivity contribution in [2.24, 2.45) is 5.73 Å². The third-order valence-electron chi connectivity index (χ3n) is 3.02. The maximum atomic E-state index is 5.78. The maximum Gasteiger partial charge on any atom is 0.119 e. The van der Waals surface area contributed by atoms with E-state index < -0.39 is 0 Å². The molecule has 0 spiro atoms. The van der Waals surface area contributed by atoms with E-state index in [0.29, 0.717) is 6.61 Å². The molecular weight excluding hydrogens is 250 g/mol. The van der Waals surface area contributed by atoms with Crippen LogP contribution in [0.2, 0.25) is 0 Å². The van der Waals surface area contributed by atoms with Gasteiger partial charge in [0.1, 0.15) is 18.1 Å². The number of hydrogen-bond acceptors (Lipinski definition) is 3. The first kappa shape index (κ1) is 14.4. The van der Waals surface area contributed by atoms with Gasteiger partial charge in [-0.3, -0.25) is 0 Å². The van der Waals surface area contributed by atoms with Crippen LogP contribution in [0.1, 0.15) is 18.1 Å². The van der Waals surface area contributed by atoms with E-state index >= 15 is 0 Å². The van der Waals surface area contributed by atoms with Crippen molar-refractivity contribution in [1.82, 2.24) is 0 Å². The Kier molecular flexibility index (Phi) is 5.02. The van der Waals surface area contributed by atoms with Crippen LogP contribution in [0.4, 0.5) is 0 Å². The van der Waals surface area contributed by atoms with Crippen molar-refractivity contribution in [3.63, 3.8) is 0 Å². The van der Waals surface area contributed by atoms with Gasteiger partial charge in [-0.1, -0.05) is 24.3 Å². The van der Waals surface area contributed by atoms with Crippen LogP contribution in [0, 0.1) is 0 Å². The van der Waals surface area contributed by atoms with Gasteiger partial charge in [-0.15, -0.1) is 0 Å². The van der Waals surface area contributed by atoms with E-state index in [9.17, 15) is 0 Å². The van der Waals surface area contributed by atoms with E-state index in [-0.39, 0.29) is 6.04 Å². The Morgan fingerprint density at radius 2 is 1.75 bits per heavy atom. The molecular formula is C17H21NO2. The first-order valence-electron chi connectivity index (χ1n) is 6.77. The SMILES string of the molecule is COc1cccc(COc2ccc(CC(C)N)cc2)c1. The summed E-state index contributed by atoms with van der Waals surface area (Å²) in [5.41, 5.74) is 8.10. The lowest BCUT2D eigenvalue weighted by molar-refractivity contribution is 0.305. The summed E-state index contributed by atoms with van der Waals surface area (Å²) in [6.45, 7) is 2.54. The molecule has 0 aliphatic heterocycles. The maximum absolute atomic E-state index is 5.78. The van der Waals surface area contributed by atoms with Gasteiger partial charge >= 0.3 is 0 Å². The molecule has 0 saturated carbocycles. The highest BCUT2D eigenvalue weighted by molar-refractivity contribution is 5.30. The molecule has 0 aliphatic rings. The van der Waals surface area contributed by atoms with Crippen LogP contribution >= 0.6 is 0 Å². The lowest BCUT2D eigenvalue weighted by Crippen LogP contribution is -2.17. The lowest BCUT2D eigenvalue weighted by Gasteiger charge is -2.09. The summed E-state index contributed by atoms with van der Waals surface area (Å²) in [4.78, 5) is 0. The number of ether oxygens (including phenoxy) is 2. The number of methoxy groups -OCH3 is 1. The van der Waals surface area contributed by atoms with E-state index in [2.05, 4.69) is 12.1 Å². The second kappa shape index (κ2) is 6.96. The molecule has 1 atom stereocenters. The largest absolute Gasteiger partial charge is 0.497 e. The fourth-order valence-electron chi connectivity index (χ4n) is 2.02. The van der Waals surface area contributed by atoms with Crippen molar-refractivity contribution in [3.8, 4) is 11.5 Å². The van der Waals surface area contributed by atoms with Gasteiger partial charge < -0.3 is 15.2 Å². The molecule has 0 aliphatic carbocycles. The summed E-state index contributed by atoms with van der Waals surface area (Å²) in [5, 5.41) is 0. The third-order valence-corrected chi connectivity index (χ3v) is 3.02. The van der Waals surface area contributed by atoms with E-state index in [1.54, 1.807) is 7.11 Å². The summed E-state index contributed by atoms with van der Waals surface area (Å²) >= 11 is 0. The molecule has 0 aromatic heterocycles. The molecule has 0 radical (unpaired) electrons. The van der Waals surface area contributed by atoms with Gasteiger partial charge in [0.2, 0.25) is 0 Å². The fourth-order valence-corrected chi connectivity index (χ4v) is 2.02. The minimum absolute atomic E-state index is 0.179. The van der Waals surface area contributed by atoms with Crippen LogP contribution in [0.5, 0.6) is 11.5 Å². The van der Waals surface area contributed by atoms with Crippen molar-refractivity contribution < 1.29 is 9.47 Å². The second-order valence-electron chi connectivity index (χ2n) is 4.97. The van der Waals surface area contributed by atoms with Crippen molar-refractivity contribution in [3.05, 3.63) is 59.7 Å². The van der Waals surface area contributed by atoms with Crippen LogP contribution in [0.3, 0.4) is 0 Å². The number of rotatable bonds is 6. The average molecular weight is 271 g/mol. The second-order valence-corrected chi connectivity index (χ2v) is 4.97. The highest BCUT2D eigenvalue weighted by Gasteiger charge is 2.00. The minimum atomic E-state index is 0.179. The Morgan fingerprint density at radius 1 is 1.00 bits per heavy atom. The van der Waals surface area contributed by atoms with Crippen molar-refractivity contribution in [2.75, 3.05) is 7.11 Å². The normalized spacial score (nSPS) is 11.9. The minimum Gasteiger partial charge on any atom is -0.497 e. The predicted octanol–water partition coefficient (Wildman–Crippen LogP) is 3.16. The molecule has 106 valence electrons. The molecule has 2 aromatic rings. The Labute approximate surface area is 120 Å². The zero-order chi connectivity index (χ0) is 14.4. The van der Waals surface area contributed by atoms with Crippen molar-refractivity contribution in [2.45, 2.75) is 26.0 Å². The molecule has 0 bridgehead atoms. The van der Waals surface area contributed by atoms with E-state index in [1.165, 1.54) is 5.56 Å². The van der Waals surface area contributed by atoms with Gasteiger partial charge in [-0.25, -0.2) is 0 Å². The summed E-state index contributed by atoms with van der Waals surface area (Å²) < 4.78 is 11.0. The van der Waals surface area contributed by atoms with E-state index in [0.717, 1.165) is 23.5 Å². The Morgan fingerprint density at radius 3 is 2.40 bits per heavy atom. The summed E-state index contributed by atoms with van der Waals surface area (Å²) in [6, 6.07) is 16.1. The van der Waals surface area contributed by atoms with Crippen molar-refractivity contribution in [1.29, 1.82) is 0 Å². The fraction of sp³-hybridized carbons (Fsp3) is 0.294. The Hall–Kier alpha value is -2.00. The number of nitrogens with two attached hydrogens (primary N) is 1. The zero-order valence-corrected chi connectivity index (χ0v) is 12.0. The topological polar surface area (TPSA) is 44.5 Å². The average Bonchev–Trinajstić information content (AvgIpc) is 2.46. The summed E-state index contributed by atoms with van der Waals surface area (Å²) in [5.74, 6) is 1.71. The molecule has 0 heterocycles. The molecule has 1 unspecified atom stereocenters. The van der Waals surface area contributed by atoms with Crippen LogP contribution < -0.4 is 15.2 Å². The first-order chi connectivity index (χ1) is 9.67. The predicted molar refractivity (Wildman–Crippen MR) is 81.1 cm³/mol. The Bertz CT molecular complexity index is 535. The van der Waals surface area contributed by atoms with Gasteiger partial charge in [-0.05, 0) is 48.7 Å². The highest BCUT2D eigenvalue weighted by Crippen LogP contribution is 2.17. The van der Waals surface area contributed by atoms with Gasteiger partial charge in [0, 0.05) is 6.04 Å². The quantitative estimate of drug-likeness (QED) is 0.877. The van der Waals surface area contributed by atoms with Gasteiger partial charge in [-0.2, -0.15) is 0 Å². The molecule has 0 fully saturated rings. The molecule has 0 amide bonds. The highest BCUT2D eigenvalue weighted by atomic mass is 16.5. The monoisotopic (exact) mass is 271 g/mol. The molecule has 3 nitrogen and oxygen atoms in total. The van der Waals surface area contributed by atoms with E-state index in [4.69, 9.17) is 15.2 Å². The summed E-state index contributed by atoms with van der Waals surface area (Å²) in [7, 11) is 1.66.